The number of nitrogens with zero attached hydrogens (tertiary/aromatic N) is 2. The van der Waals surface area contributed by atoms with E-state index in [4.69, 9.17) is 4.74 Å². The number of amides is 4. The van der Waals surface area contributed by atoms with Gasteiger partial charge in [-0.1, -0.05) is 19.1 Å². The number of carboxylic acids is 1. The predicted molar refractivity (Wildman–Crippen MR) is 194 cm³/mol. The molecular weight excluding hydrogens is 729 g/mol. The summed E-state index contributed by atoms with van der Waals surface area (Å²) in [5.41, 5.74) is 1.31. The first-order valence-electron chi connectivity index (χ1n) is 17.4. The molecule has 3 aliphatic rings. The van der Waals surface area contributed by atoms with Gasteiger partial charge in [0.15, 0.2) is 6.61 Å². The SMILES string of the molecule is C[C@H]1C(S[C@@H]2CN[C@H](C(=O)Nc3cccc(C(=O)NS(=O)(=O)CC[NH2+]C(=O)COCCCCc4cccnc4)c3)C2)=C(C(=O)O)N2C(=O)[C@H]([C@@H](C)O)C12. The van der Waals surface area contributed by atoms with Crippen LogP contribution >= 0.6 is 11.8 Å². The Balaban J connectivity index is 1.03. The minimum atomic E-state index is -4.08. The third-order valence-electron chi connectivity index (χ3n) is 9.38. The van der Waals surface area contributed by atoms with Crippen molar-refractivity contribution in [3.8, 4) is 0 Å². The van der Waals surface area contributed by atoms with E-state index in [0.29, 0.717) is 24.5 Å². The number of β-lactam (4-membered cyclic amide) rings is 1. The van der Waals surface area contributed by atoms with Gasteiger partial charge < -0.3 is 30.5 Å². The van der Waals surface area contributed by atoms with Crippen molar-refractivity contribution in [1.29, 1.82) is 0 Å². The van der Waals surface area contributed by atoms with Gasteiger partial charge in [-0.25, -0.2) is 22.7 Å². The van der Waals surface area contributed by atoms with Crippen molar-refractivity contribution in [2.45, 2.75) is 63.0 Å². The number of unbranched alkanes of at least 4 members (excludes halogenated alkanes) is 1. The number of benzene rings is 1. The smallest absolute Gasteiger partial charge is 0.353 e. The lowest BCUT2D eigenvalue weighted by Gasteiger charge is -2.46. The standard InChI is InChI=1S/C35H44N6O10S2/c1-20-29-28(21(2)42)34(46)41(29)30(35(47)48)31(20)52-25-16-26(38-18-25)33(45)39-24-10-5-9-23(15-24)32(44)40-53(49,50)14-12-37-27(43)19-51-13-4-3-7-22-8-6-11-36-17-22/h5-6,8-11,15,17,20-21,25-26,28-29,38,42H,3-4,7,12-14,16,18-19H2,1-2H3,(H,37,43)(H,39,45)(H,40,44)(H,47,48)/p+1/t20-,21-,25+,26+,28-,29?/m1/s1. The first-order chi connectivity index (χ1) is 25.3. The molecule has 1 aromatic carbocycles. The molecule has 0 aliphatic carbocycles. The molecule has 16 nitrogen and oxygen atoms in total. The Labute approximate surface area is 311 Å². The number of quaternary nitrogens is 1. The maximum absolute atomic E-state index is 13.2. The molecule has 7 N–H and O–H groups in total. The number of thioether (sulfide) groups is 1. The molecule has 0 saturated carbocycles. The quantitative estimate of drug-likeness (QED) is 0.0854. The van der Waals surface area contributed by atoms with Crippen LogP contribution in [0.15, 0.2) is 59.4 Å². The van der Waals surface area contributed by atoms with Gasteiger partial charge in [0, 0.05) is 52.9 Å². The molecule has 3 aliphatic heterocycles. The Morgan fingerprint density at radius 2 is 1.98 bits per heavy atom. The van der Waals surface area contributed by atoms with Gasteiger partial charge in [-0.15, -0.1) is 11.8 Å². The molecule has 0 radical (unpaired) electrons. The van der Waals surface area contributed by atoms with Crippen molar-refractivity contribution in [2.75, 3.05) is 37.4 Å². The monoisotopic (exact) mass is 773 g/mol. The van der Waals surface area contributed by atoms with E-state index >= 15 is 0 Å². The first-order valence-corrected chi connectivity index (χ1v) is 20.0. The van der Waals surface area contributed by atoms with Crippen molar-refractivity contribution in [3.05, 3.63) is 70.5 Å². The number of aliphatic carboxylic acids is 1. The number of anilines is 1. The van der Waals surface area contributed by atoms with Gasteiger partial charge in [-0.05, 0) is 62.4 Å². The molecule has 2 aromatic rings. The van der Waals surface area contributed by atoms with Crippen LogP contribution in [0.25, 0.3) is 0 Å². The number of nitrogens with two attached hydrogens (primary N) is 1. The average Bonchev–Trinajstić information content (AvgIpc) is 3.67. The third-order valence-corrected chi connectivity index (χ3v) is 12.2. The van der Waals surface area contributed by atoms with E-state index in [1.165, 1.54) is 47.1 Å². The molecule has 286 valence electrons. The predicted octanol–water partition coefficient (Wildman–Crippen LogP) is -0.173. The number of carboxylic acid groups (broad SMARTS) is 1. The van der Waals surface area contributed by atoms with E-state index < -0.39 is 63.6 Å². The zero-order chi connectivity index (χ0) is 38.3. The summed E-state index contributed by atoms with van der Waals surface area (Å²) in [6.45, 7) is 3.88. The Bertz CT molecular complexity index is 1840. The Hall–Kier alpha value is -4.20. The third kappa shape index (κ3) is 10.1. The maximum atomic E-state index is 13.2. The number of carbonyl (C=O) groups is 5. The highest BCUT2D eigenvalue weighted by Crippen LogP contribution is 2.51. The highest BCUT2D eigenvalue weighted by Gasteiger charge is 2.60. The zero-order valence-electron chi connectivity index (χ0n) is 29.4. The van der Waals surface area contributed by atoms with Crippen molar-refractivity contribution in [3.63, 3.8) is 0 Å². The summed E-state index contributed by atoms with van der Waals surface area (Å²) in [6.07, 6.45) is 5.46. The van der Waals surface area contributed by atoms with E-state index in [1.54, 1.807) is 18.5 Å². The van der Waals surface area contributed by atoms with Gasteiger partial charge in [0.25, 0.3) is 5.91 Å². The lowest BCUT2D eigenvalue weighted by Crippen LogP contribution is -2.90. The summed E-state index contributed by atoms with van der Waals surface area (Å²) in [4.78, 5) is 68.7. The van der Waals surface area contributed by atoms with Crippen LogP contribution in [0.3, 0.4) is 0 Å². The van der Waals surface area contributed by atoms with Gasteiger partial charge >= 0.3 is 11.9 Å². The van der Waals surface area contributed by atoms with Crippen LogP contribution in [-0.2, 0) is 40.4 Å². The van der Waals surface area contributed by atoms with Gasteiger partial charge in [0.05, 0.1) is 30.7 Å². The number of ether oxygens (including phenoxy) is 1. The van der Waals surface area contributed by atoms with E-state index in [9.17, 15) is 42.6 Å². The number of aromatic nitrogens is 1. The largest absolute Gasteiger partial charge is 0.477 e. The van der Waals surface area contributed by atoms with Gasteiger partial charge in [0.2, 0.25) is 21.8 Å². The van der Waals surface area contributed by atoms with Gasteiger partial charge in [0.1, 0.15) is 11.4 Å². The zero-order valence-corrected chi connectivity index (χ0v) is 31.0. The molecule has 0 spiro atoms. The molecule has 0 bridgehead atoms. The van der Waals surface area contributed by atoms with Crippen molar-refractivity contribution in [2.24, 2.45) is 11.8 Å². The van der Waals surface area contributed by atoms with E-state index in [-0.39, 0.29) is 47.2 Å². The summed E-state index contributed by atoms with van der Waals surface area (Å²) < 4.78 is 32.5. The van der Waals surface area contributed by atoms with Crippen molar-refractivity contribution < 1.29 is 52.7 Å². The van der Waals surface area contributed by atoms with Crippen LogP contribution in [0.5, 0.6) is 0 Å². The van der Waals surface area contributed by atoms with E-state index in [1.807, 2.05) is 23.8 Å². The number of hydrogen-bond acceptors (Lipinski definition) is 12. The summed E-state index contributed by atoms with van der Waals surface area (Å²) >= 11 is 1.32. The van der Waals surface area contributed by atoms with Crippen LogP contribution in [0, 0.1) is 11.8 Å². The number of primary amides is 1. The lowest BCUT2D eigenvalue weighted by atomic mass is 9.79. The molecule has 4 amide bonds. The van der Waals surface area contributed by atoms with Crippen LogP contribution in [-0.4, -0.2) is 114 Å². The van der Waals surface area contributed by atoms with Gasteiger partial charge in [-0.2, -0.15) is 0 Å². The molecule has 6 atom stereocenters. The summed E-state index contributed by atoms with van der Waals surface area (Å²) in [5, 5.41) is 26.9. The minimum absolute atomic E-state index is 0.00536. The van der Waals surface area contributed by atoms with Crippen molar-refractivity contribution >= 4 is 57.1 Å². The molecule has 53 heavy (non-hydrogen) atoms. The number of fused-ring (bicyclic) bond motifs is 1. The number of aryl methyl sites for hydroxylation is 1. The molecule has 18 heteroatoms. The van der Waals surface area contributed by atoms with Crippen LogP contribution < -0.4 is 20.7 Å². The molecule has 2 fully saturated rings. The number of nitrogens with one attached hydrogen (secondary N) is 3. The normalized spacial score (nSPS) is 23.0. The topological polar surface area (TPSA) is 238 Å². The molecule has 4 heterocycles. The number of hydrogen-bond donors (Lipinski definition) is 6. The number of aliphatic hydroxyl groups is 1. The number of carbonyl (C=O) groups excluding carboxylic acids is 4. The second-order valence-corrected chi connectivity index (χ2v) is 16.5. The number of pyridine rings is 1. The molecular formula is C35H45N6O10S2+. The first kappa shape index (κ1) is 40.0. The number of rotatable bonds is 18. The Morgan fingerprint density at radius 1 is 1.19 bits per heavy atom. The number of sulfonamides is 1. The highest BCUT2D eigenvalue weighted by molar-refractivity contribution is 8.03. The molecule has 2 saturated heterocycles. The number of aliphatic hydroxyl groups excluding tert-OH is 1. The second-order valence-electron chi connectivity index (χ2n) is 13.4. The molecule has 5 rings (SSSR count). The fraction of sp³-hybridized carbons (Fsp3) is 0.486. The van der Waals surface area contributed by atoms with Crippen molar-refractivity contribution in [1.82, 2.24) is 19.9 Å². The Morgan fingerprint density at radius 3 is 2.70 bits per heavy atom. The average molecular weight is 774 g/mol. The maximum Gasteiger partial charge on any atom is 0.353 e. The van der Waals surface area contributed by atoms with E-state index in [0.717, 1.165) is 24.8 Å². The lowest BCUT2D eigenvalue weighted by molar-refractivity contribution is -0.565. The minimum Gasteiger partial charge on any atom is -0.477 e. The summed E-state index contributed by atoms with van der Waals surface area (Å²) in [7, 11) is -4.08. The summed E-state index contributed by atoms with van der Waals surface area (Å²) in [6, 6.07) is 8.60. The van der Waals surface area contributed by atoms with Crippen LogP contribution in [0.2, 0.25) is 0 Å². The summed E-state index contributed by atoms with van der Waals surface area (Å²) in [5.74, 6) is -4.72. The highest BCUT2D eigenvalue weighted by atomic mass is 32.2. The fourth-order valence-electron chi connectivity index (χ4n) is 6.76. The second kappa shape index (κ2) is 17.7. The molecule has 1 aromatic heterocycles. The van der Waals surface area contributed by atoms with Gasteiger partial charge in [-0.3, -0.25) is 24.7 Å². The Kier molecular flexibility index (Phi) is 13.4. The fourth-order valence-corrected chi connectivity index (χ4v) is 9.17. The van der Waals surface area contributed by atoms with E-state index in [2.05, 4.69) is 15.6 Å². The van der Waals surface area contributed by atoms with Crippen LogP contribution in [0.4, 0.5) is 5.69 Å². The van der Waals surface area contributed by atoms with Crippen LogP contribution in [0.1, 0.15) is 49.0 Å². The molecule has 1 unspecified atom stereocenters.